The van der Waals surface area contributed by atoms with Crippen LogP contribution in [0.15, 0.2) is 0 Å². The Morgan fingerprint density at radius 2 is 1.72 bits per heavy atom. The molecule has 0 spiro atoms. The highest BCUT2D eigenvalue weighted by atomic mass is 16.5. The van der Waals surface area contributed by atoms with E-state index in [1.54, 1.807) is 0 Å². The van der Waals surface area contributed by atoms with Gasteiger partial charge >= 0.3 is 5.97 Å². The molecule has 0 bridgehead atoms. The Hall–Kier alpha value is -0.610. The van der Waals surface area contributed by atoms with Gasteiger partial charge in [0.1, 0.15) is 11.6 Å². The monoisotopic (exact) mass is 254 g/mol. The first kappa shape index (κ1) is 13.8. The van der Waals surface area contributed by atoms with Crippen LogP contribution >= 0.6 is 0 Å². The maximum absolute atomic E-state index is 12.3. The Kier molecular flexibility index (Phi) is 4.62. The molecule has 1 aliphatic carbocycles. The second kappa shape index (κ2) is 6.02. The number of hydrogen-bond acceptors (Lipinski definition) is 4. The summed E-state index contributed by atoms with van der Waals surface area (Å²) in [5.41, 5.74) is 5.55. The average Bonchev–Trinajstić information content (AvgIpc) is 2.58. The normalized spacial score (nSPS) is 26.6. The van der Waals surface area contributed by atoms with Gasteiger partial charge in [-0.2, -0.15) is 0 Å². The summed E-state index contributed by atoms with van der Waals surface area (Å²) < 4.78 is 5.65. The largest absolute Gasteiger partial charge is 0.461 e. The van der Waals surface area contributed by atoms with Crippen LogP contribution in [0.4, 0.5) is 0 Å². The van der Waals surface area contributed by atoms with Gasteiger partial charge in [0.15, 0.2) is 0 Å². The van der Waals surface area contributed by atoms with Gasteiger partial charge in [0, 0.05) is 13.1 Å². The molecule has 4 nitrogen and oxygen atoms in total. The first-order valence-electron chi connectivity index (χ1n) is 7.29. The summed E-state index contributed by atoms with van der Waals surface area (Å²) in [4.78, 5) is 14.5. The van der Waals surface area contributed by atoms with Gasteiger partial charge in [-0.25, -0.2) is 0 Å². The fourth-order valence-electron chi connectivity index (χ4n) is 2.94. The molecule has 2 rings (SSSR count). The number of piperidine rings is 1. The molecule has 1 saturated carbocycles. The van der Waals surface area contributed by atoms with Crippen molar-refractivity contribution in [3.63, 3.8) is 0 Å². The van der Waals surface area contributed by atoms with Gasteiger partial charge in [0.25, 0.3) is 0 Å². The van der Waals surface area contributed by atoms with E-state index in [2.05, 4.69) is 11.9 Å². The first-order chi connectivity index (χ1) is 8.60. The Bertz CT molecular complexity index is 278. The van der Waals surface area contributed by atoms with E-state index >= 15 is 0 Å². The van der Waals surface area contributed by atoms with E-state index in [-0.39, 0.29) is 12.1 Å². The number of nitrogens with two attached hydrogens (primary N) is 1. The molecular formula is C14H26N2O2. The zero-order chi connectivity index (χ0) is 13.0. The average molecular weight is 254 g/mol. The third-order valence-corrected chi connectivity index (χ3v) is 4.34. The summed E-state index contributed by atoms with van der Waals surface area (Å²) in [6.45, 7) is 2.02. The van der Waals surface area contributed by atoms with Crippen molar-refractivity contribution in [3.8, 4) is 0 Å². The van der Waals surface area contributed by atoms with E-state index in [9.17, 15) is 4.79 Å². The molecule has 2 fully saturated rings. The van der Waals surface area contributed by atoms with E-state index in [0.29, 0.717) is 0 Å². The maximum Gasteiger partial charge on any atom is 0.326 e. The second-order valence-corrected chi connectivity index (χ2v) is 5.98. The Labute approximate surface area is 110 Å². The molecule has 2 aliphatic rings. The standard InChI is InChI=1S/C14H26N2O2/c1-16-10-6-12(7-11-16)18-13(17)14(15)8-4-2-3-5-9-14/h12H,2-11,15H2,1H3. The molecule has 1 saturated heterocycles. The fraction of sp³-hybridized carbons (Fsp3) is 0.929. The van der Waals surface area contributed by atoms with E-state index in [1.807, 2.05) is 0 Å². The third kappa shape index (κ3) is 3.45. The number of carbonyl (C=O) groups excluding carboxylic acids is 1. The van der Waals surface area contributed by atoms with Crippen LogP contribution in [-0.4, -0.2) is 42.6 Å². The quantitative estimate of drug-likeness (QED) is 0.601. The lowest BCUT2D eigenvalue weighted by atomic mass is 9.91. The fourth-order valence-corrected chi connectivity index (χ4v) is 2.94. The highest BCUT2D eigenvalue weighted by Crippen LogP contribution is 2.27. The molecule has 18 heavy (non-hydrogen) atoms. The van der Waals surface area contributed by atoms with Crippen LogP contribution in [0.3, 0.4) is 0 Å². The van der Waals surface area contributed by atoms with Gasteiger partial charge < -0.3 is 15.4 Å². The minimum absolute atomic E-state index is 0.0809. The summed E-state index contributed by atoms with van der Waals surface area (Å²) >= 11 is 0. The lowest BCUT2D eigenvalue weighted by Crippen LogP contribution is -2.50. The highest BCUT2D eigenvalue weighted by Gasteiger charge is 2.37. The molecule has 1 heterocycles. The Morgan fingerprint density at radius 1 is 1.17 bits per heavy atom. The van der Waals surface area contributed by atoms with Crippen molar-refractivity contribution < 1.29 is 9.53 Å². The number of esters is 1. The van der Waals surface area contributed by atoms with E-state index < -0.39 is 5.54 Å². The van der Waals surface area contributed by atoms with Crippen molar-refractivity contribution in [2.75, 3.05) is 20.1 Å². The molecular weight excluding hydrogens is 228 g/mol. The lowest BCUT2D eigenvalue weighted by molar-refractivity contribution is -0.158. The van der Waals surface area contributed by atoms with E-state index in [0.717, 1.165) is 51.6 Å². The predicted molar refractivity (Wildman–Crippen MR) is 71.2 cm³/mol. The lowest BCUT2D eigenvalue weighted by Gasteiger charge is -2.32. The number of nitrogens with zero attached hydrogens (tertiary/aromatic N) is 1. The number of rotatable bonds is 2. The number of likely N-dealkylation sites (tertiary alicyclic amines) is 1. The molecule has 0 aromatic rings. The van der Waals surface area contributed by atoms with Gasteiger partial charge in [-0.3, -0.25) is 4.79 Å². The second-order valence-electron chi connectivity index (χ2n) is 5.98. The van der Waals surface area contributed by atoms with Gasteiger partial charge in [-0.1, -0.05) is 25.7 Å². The van der Waals surface area contributed by atoms with Crippen molar-refractivity contribution in [2.45, 2.75) is 63.0 Å². The van der Waals surface area contributed by atoms with Crippen molar-refractivity contribution in [3.05, 3.63) is 0 Å². The van der Waals surface area contributed by atoms with Gasteiger partial charge in [-0.15, -0.1) is 0 Å². The molecule has 4 heteroatoms. The van der Waals surface area contributed by atoms with Crippen LogP contribution in [0.2, 0.25) is 0 Å². The predicted octanol–water partition coefficient (Wildman–Crippen LogP) is 1.68. The number of ether oxygens (including phenoxy) is 1. The van der Waals surface area contributed by atoms with E-state index in [1.165, 1.54) is 12.8 Å². The smallest absolute Gasteiger partial charge is 0.326 e. The van der Waals surface area contributed by atoms with Crippen LogP contribution in [-0.2, 0) is 9.53 Å². The molecule has 104 valence electrons. The number of carbonyl (C=O) groups is 1. The summed E-state index contributed by atoms with van der Waals surface area (Å²) in [6, 6.07) is 0. The highest BCUT2D eigenvalue weighted by molar-refractivity contribution is 5.80. The molecule has 0 unspecified atom stereocenters. The van der Waals surface area contributed by atoms with Crippen molar-refractivity contribution >= 4 is 5.97 Å². The van der Waals surface area contributed by atoms with Crippen molar-refractivity contribution in [2.24, 2.45) is 5.73 Å². The maximum atomic E-state index is 12.3. The molecule has 0 radical (unpaired) electrons. The first-order valence-corrected chi connectivity index (χ1v) is 7.29. The van der Waals surface area contributed by atoms with Gasteiger partial charge in [-0.05, 0) is 32.7 Å². The van der Waals surface area contributed by atoms with Crippen molar-refractivity contribution in [1.82, 2.24) is 4.90 Å². The molecule has 0 amide bonds. The minimum atomic E-state index is -0.708. The number of hydrogen-bond donors (Lipinski definition) is 1. The minimum Gasteiger partial charge on any atom is -0.461 e. The van der Waals surface area contributed by atoms with Gasteiger partial charge in [0.05, 0.1) is 0 Å². The van der Waals surface area contributed by atoms with Crippen molar-refractivity contribution in [1.29, 1.82) is 0 Å². The Morgan fingerprint density at radius 3 is 2.28 bits per heavy atom. The molecule has 0 aromatic carbocycles. The SMILES string of the molecule is CN1CCC(OC(=O)C2(N)CCCCCC2)CC1. The van der Waals surface area contributed by atoms with Crippen LogP contribution < -0.4 is 5.73 Å². The molecule has 0 aromatic heterocycles. The Balaban J connectivity index is 1.86. The van der Waals surface area contributed by atoms with Crippen LogP contribution in [0.5, 0.6) is 0 Å². The zero-order valence-electron chi connectivity index (χ0n) is 11.5. The molecule has 2 N–H and O–H groups in total. The van der Waals surface area contributed by atoms with E-state index in [4.69, 9.17) is 10.5 Å². The summed E-state index contributed by atoms with van der Waals surface area (Å²) in [5, 5.41) is 0. The molecule has 1 aliphatic heterocycles. The summed E-state index contributed by atoms with van der Waals surface area (Å²) in [7, 11) is 2.10. The topological polar surface area (TPSA) is 55.6 Å². The van der Waals surface area contributed by atoms with Gasteiger partial charge in [0.2, 0.25) is 0 Å². The zero-order valence-corrected chi connectivity index (χ0v) is 11.5. The molecule has 0 atom stereocenters. The van der Waals surface area contributed by atoms with Crippen LogP contribution in [0.1, 0.15) is 51.4 Å². The van der Waals surface area contributed by atoms with Crippen LogP contribution in [0, 0.1) is 0 Å². The third-order valence-electron chi connectivity index (χ3n) is 4.34. The summed E-state index contributed by atoms with van der Waals surface area (Å²) in [5.74, 6) is -0.154. The van der Waals surface area contributed by atoms with Crippen LogP contribution in [0.25, 0.3) is 0 Å². The summed E-state index contributed by atoms with van der Waals surface area (Å²) in [6.07, 6.45) is 8.05.